The molecule has 0 bridgehead atoms. The Kier molecular flexibility index (Phi) is 5.39. The molecule has 3 rings (SSSR count). The molecule has 0 spiro atoms. The van der Waals surface area contributed by atoms with E-state index in [9.17, 15) is 14.7 Å². The topological polar surface area (TPSA) is 79.3 Å². The van der Waals surface area contributed by atoms with Crippen molar-refractivity contribution in [1.29, 1.82) is 0 Å². The number of fused-ring (bicyclic) bond motifs is 1. The standard InChI is InChI=1S/C21H18N2O3/c24-20(17-13-16-10-4-5-11-18(16)22-14-17)23-19(21(25)26)12-6-9-15-7-2-1-3-8-15/h1-11,13-14,19H,12H2,(H,23,24)(H,25,26)/b9-6+/t19-/m0/s1. The van der Waals surface area contributed by atoms with Gasteiger partial charge < -0.3 is 10.4 Å². The Morgan fingerprint density at radius 2 is 1.81 bits per heavy atom. The summed E-state index contributed by atoms with van der Waals surface area (Å²) in [6.45, 7) is 0. The van der Waals surface area contributed by atoms with Crippen molar-refractivity contribution in [3.05, 3.63) is 84.1 Å². The molecule has 5 heteroatoms. The third-order valence-corrected chi connectivity index (χ3v) is 3.94. The minimum atomic E-state index is -1.08. The van der Waals surface area contributed by atoms with E-state index < -0.39 is 17.9 Å². The first-order valence-electron chi connectivity index (χ1n) is 8.23. The van der Waals surface area contributed by atoms with Gasteiger partial charge in [-0.1, -0.05) is 60.7 Å². The number of pyridine rings is 1. The van der Waals surface area contributed by atoms with Crippen LogP contribution in [0.4, 0.5) is 0 Å². The minimum absolute atomic E-state index is 0.191. The number of amides is 1. The Morgan fingerprint density at radius 3 is 2.58 bits per heavy atom. The highest BCUT2D eigenvalue weighted by Crippen LogP contribution is 2.13. The van der Waals surface area contributed by atoms with Gasteiger partial charge in [0.2, 0.25) is 0 Å². The van der Waals surface area contributed by atoms with E-state index >= 15 is 0 Å². The molecule has 5 nitrogen and oxygen atoms in total. The smallest absolute Gasteiger partial charge is 0.326 e. The number of nitrogens with zero attached hydrogens (tertiary/aromatic N) is 1. The first kappa shape index (κ1) is 17.4. The number of carbonyl (C=O) groups is 2. The van der Waals surface area contributed by atoms with Gasteiger partial charge in [0.25, 0.3) is 5.91 Å². The van der Waals surface area contributed by atoms with Gasteiger partial charge in [0.05, 0.1) is 11.1 Å². The highest BCUT2D eigenvalue weighted by molar-refractivity contribution is 5.99. The number of nitrogens with one attached hydrogen (secondary N) is 1. The third kappa shape index (κ3) is 4.33. The number of para-hydroxylation sites is 1. The van der Waals surface area contributed by atoms with Crippen LogP contribution in [-0.2, 0) is 4.79 Å². The number of carbonyl (C=O) groups excluding carboxylic acids is 1. The summed E-state index contributed by atoms with van der Waals surface area (Å²) in [6, 6.07) is 17.7. The monoisotopic (exact) mass is 346 g/mol. The number of aliphatic carboxylic acids is 1. The Labute approximate surface area is 151 Å². The van der Waals surface area contributed by atoms with Gasteiger partial charge in [-0.25, -0.2) is 4.79 Å². The summed E-state index contributed by atoms with van der Waals surface area (Å²) in [7, 11) is 0. The summed E-state index contributed by atoms with van der Waals surface area (Å²) in [5.74, 6) is -1.53. The quantitative estimate of drug-likeness (QED) is 0.716. The second-order valence-corrected chi connectivity index (χ2v) is 5.83. The Balaban J connectivity index is 1.69. The molecule has 0 saturated carbocycles. The molecular formula is C21H18N2O3. The van der Waals surface area contributed by atoms with E-state index in [4.69, 9.17) is 0 Å². The molecule has 1 atom stereocenters. The molecule has 3 aromatic rings. The lowest BCUT2D eigenvalue weighted by Crippen LogP contribution is -2.40. The van der Waals surface area contributed by atoms with Crippen LogP contribution in [0.3, 0.4) is 0 Å². The van der Waals surface area contributed by atoms with Gasteiger partial charge in [0, 0.05) is 11.6 Å². The fraction of sp³-hybridized carbons (Fsp3) is 0.0952. The van der Waals surface area contributed by atoms with E-state index in [0.717, 1.165) is 16.5 Å². The fourth-order valence-corrected chi connectivity index (χ4v) is 2.56. The van der Waals surface area contributed by atoms with Crippen LogP contribution in [0.25, 0.3) is 17.0 Å². The number of carboxylic acid groups (broad SMARTS) is 1. The van der Waals surface area contributed by atoms with E-state index in [0.29, 0.717) is 5.56 Å². The van der Waals surface area contributed by atoms with Crippen LogP contribution in [0.1, 0.15) is 22.3 Å². The van der Waals surface area contributed by atoms with Crippen LogP contribution in [0.15, 0.2) is 72.9 Å². The van der Waals surface area contributed by atoms with E-state index in [1.54, 1.807) is 12.1 Å². The van der Waals surface area contributed by atoms with Gasteiger partial charge in [-0.15, -0.1) is 0 Å². The summed E-state index contributed by atoms with van der Waals surface area (Å²) in [4.78, 5) is 28.1. The predicted octanol–water partition coefficient (Wildman–Crippen LogP) is 3.52. The lowest BCUT2D eigenvalue weighted by molar-refractivity contribution is -0.139. The maximum atomic E-state index is 12.4. The maximum Gasteiger partial charge on any atom is 0.326 e. The largest absolute Gasteiger partial charge is 0.480 e. The van der Waals surface area contributed by atoms with E-state index in [-0.39, 0.29) is 6.42 Å². The highest BCUT2D eigenvalue weighted by atomic mass is 16.4. The average molecular weight is 346 g/mol. The lowest BCUT2D eigenvalue weighted by Gasteiger charge is -2.13. The molecule has 0 aliphatic rings. The number of rotatable bonds is 6. The normalized spacial score (nSPS) is 12.2. The summed E-state index contributed by atoms with van der Waals surface area (Å²) in [5, 5.41) is 12.8. The Bertz CT molecular complexity index is 952. The average Bonchev–Trinajstić information content (AvgIpc) is 2.67. The van der Waals surface area contributed by atoms with Crippen molar-refractivity contribution in [2.45, 2.75) is 12.5 Å². The lowest BCUT2D eigenvalue weighted by atomic mass is 10.1. The molecule has 130 valence electrons. The van der Waals surface area contributed by atoms with Crippen LogP contribution in [-0.4, -0.2) is 28.0 Å². The second kappa shape index (κ2) is 8.07. The van der Waals surface area contributed by atoms with Crippen molar-refractivity contribution in [1.82, 2.24) is 10.3 Å². The molecule has 1 aromatic heterocycles. The predicted molar refractivity (Wildman–Crippen MR) is 101 cm³/mol. The number of carboxylic acids is 1. The van der Waals surface area contributed by atoms with Gasteiger partial charge in [-0.3, -0.25) is 9.78 Å². The highest BCUT2D eigenvalue weighted by Gasteiger charge is 2.19. The van der Waals surface area contributed by atoms with Crippen LogP contribution >= 0.6 is 0 Å². The van der Waals surface area contributed by atoms with Crippen molar-refractivity contribution in [2.24, 2.45) is 0 Å². The van der Waals surface area contributed by atoms with Crippen molar-refractivity contribution < 1.29 is 14.7 Å². The van der Waals surface area contributed by atoms with Crippen molar-refractivity contribution >= 4 is 28.9 Å². The molecule has 2 aromatic carbocycles. The van der Waals surface area contributed by atoms with Gasteiger partial charge in [0.1, 0.15) is 6.04 Å². The summed E-state index contributed by atoms with van der Waals surface area (Å²) < 4.78 is 0. The molecule has 0 saturated heterocycles. The van der Waals surface area contributed by atoms with Gasteiger partial charge in [0.15, 0.2) is 0 Å². The molecule has 0 radical (unpaired) electrons. The Morgan fingerprint density at radius 1 is 1.08 bits per heavy atom. The molecule has 0 aliphatic heterocycles. The van der Waals surface area contributed by atoms with Gasteiger partial charge in [-0.05, 0) is 24.1 Å². The SMILES string of the molecule is O=C(N[C@@H](C/C=C/c1ccccc1)C(=O)O)c1cnc2ccccc2c1. The fourth-order valence-electron chi connectivity index (χ4n) is 2.56. The summed E-state index contributed by atoms with van der Waals surface area (Å²) >= 11 is 0. The number of benzene rings is 2. The zero-order chi connectivity index (χ0) is 18.4. The van der Waals surface area contributed by atoms with Crippen LogP contribution in [0.2, 0.25) is 0 Å². The van der Waals surface area contributed by atoms with E-state index in [1.165, 1.54) is 6.20 Å². The number of hydrogen-bond acceptors (Lipinski definition) is 3. The molecule has 2 N–H and O–H groups in total. The van der Waals surface area contributed by atoms with Crippen molar-refractivity contribution in [2.75, 3.05) is 0 Å². The van der Waals surface area contributed by atoms with Crippen LogP contribution in [0.5, 0.6) is 0 Å². The molecule has 0 fully saturated rings. The maximum absolute atomic E-state index is 12.4. The summed E-state index contributed by atoms with van der Waals surface area (Å²) in [5.41, 5.74) is 2.09. The Hall–Kier alpha value is -3.47. The molecular weight excluding hydrogens is 328 g/mol. The molecule has 0 unspecified atom stereocenters. The van der Waals surface area contributed by atoms with Crippen molar-refractivity contribution in [3.63, 3.8) is 0 Å². The second-order valence-electron chi connectivity index (χ2n) is 5.83. The van der Waals surface area contributed by atoms with E-state index in [2.05, 4.69) is 10.3 Å². The van der Waals surface area contributed by atoms with E-state index in [1.807, 2.05) is 60.7 Å². The van der Waals surface area contributed by atoms with Gasteiger partial charge in [-0.2, -0.15) is 0 Å². The van der Waals surface area contributed by atoms with Crippen molar-refractivity contribution in [3.8, 4) is 0 Å². The summed E-state index contributed by atoms with van der Waals surface area (Å²) in [6.07, 6.45) is 5.22. The zero-order valence-corrected chi connectivity index (χ0v) is 14.0. The molecule has 1 heterocycles. The molecule has 26 heavy (non-hydrogen) atoms. The molecule has 1 amide bonds. The van der Waals surface area contributed by atoms with Crippen LogP contribution in [0, 0.1) is 0 Å². The van der Waals surface area contributed by atoms with Gasteiger partial charge >= 0.3 is 5.97 Å². The zero-order valence-electron chi connectivity index (χ0n) is 14.0. The van der Waals surface area contributed by atoms with Crippen LogP contribution < -0.4 is 5.32 Å². The first-order valence-corrected chi connectivity index (χ1v) is 8.23. The first-order chi connectivity index (χ1) is 12.6. The minimum Gasteiger partial charge on any atom is -0.480 e. The number of aromatic nitrogens is 1. The number of hydrogen-bond donors (Lipinski definition) is 2. The molecule has 0 aliphatic carbocycles. The third-order valence-electron chi connectivity index (χ3n) is 3.94.